The number of carbonyl (C=O) groups is 4. The second-order valence-corrected chi connectivity index (χ2v) is 12.2. The molecule has 0 aromatic rings. The fourth-order valence-corrected chi connectivity index (χ4v) is 5.47. The highest BCUT2D eigenvalue weighted by Gasteiger charge is 2.33. The molecule has 41 heavy (non-hydrogen) atoms. The molecule has 0 aliphatic heterocycles. The Balaban J connectivity index is 5.22. The predicted octanol–water partition coefficient (Wildman–Crippen LogP) is 10.6. The monoisotopic (exact) mass is 578 g/mol. The van der Waals surface area contributed by atoms with Crippen LogP contribution in [0.5, 0.6) is 0 Å². The summed E-state index contributed by atoms with van der Waals surface area (Å²) >= 11 is 0. The van der Waals surface area contributed by atoms with Crippen molar-refractivity contribution in [3.63, 3.8) is 0 Å². The van der Waals surface area contributed by atoms with Crippen molar-refractivity contribution in [1.29, 1.82) is 0 Å². The van der Waals surface area contributed by atoms with Gasteiger partial charge < -0.3 is 4.74 Å². The van der Waals surface area contributed by atoms with Crippen LogP contribution >= 0.6 is 0 Å². The number of hydrogen-bond acceptors (Lipinski definition) is 5. The fourth-order valence-electron chi connectivity index (χ4n) is 5.47. The maximum Gasteiger partial charge on any atom is 0.324 e. The molecule has 0 aliphatic carbocycles. The molecule has 2 atom stereocenters. The number of unbranched alkanes of at least 4 members (excludes halogenated alkanes) is 18. The summed E-state index contributed by atoms with van der Waals surface area (Å²) in [5.74, 6) is -3.47. The van der Waals surface area contributed by atoms with E-state index in [9.17, 15) is 19.2 Å². The molecule has 0 amide bonds. The predicted molar refractivity (Wildman–Crippen MR) is 171 cm³/mol. The summed E-state index contributed by atoms with van der Waals surface area (Å²) in [4.78, 5) is 52.7. The molecule has 5 nitrogen and oxygen atoms in total. The fraction of sp³-hybridized carbons (Fsp3) is 0.889. The molecule has 0 spiro atoms. The molecule has 0 aromatic carbocycles. The van der Waals surface area contributed by atoms with Crippen LogP contribution in [-0.4, -0.2) is 23.5 Å². The maximum absolute atomic E-state index is 13.2. The SMILES string of the molecule is CCCCCCCCC(C(=O)CCCCCCC)C(=O)OC(=O)C(CCCCCCCC)C(=O)CCCCCCC. The van der Waals surface area contributed by atoms with Crippen LogP contribution in [0.3, 0.4) is 0 Å². The highest BCUT2D eigenvalue weighted by atomic mass is 16.6. The Kier molecular flexibility index (Phi) is 27.5. The molecule has 0 saturated carbocycles. The van der Waals surface area contributed by atoms with Crippen molar-refractivity contribution in [3.8, 4) is 0 Å². The smallest absolute Gasteiger partial charge is 0.324 e. The molecule has 5 heteroatoms. The number of ether oxygens (including phenoxy) is 1. The number of Topliss-reactive ketones (excluding diaryl/α,β-unsaturated/α-hetero) is 2. The van der Waals surface area contributed by atoms with Gasteiger partial charge in [-0.2, -0.15) is 0 Å². The average Bonchev–Trinajstić information content (AvgIpc) is 2.95. The van der Waals surface area contributed by atoms with Crippen molar-refractivity contribution in [3.05, 3.63) is 0 Å². The molecule has 0 radical (unpaired) electrons. The van der Waals surface area contributed by atoms with Crippen molar-refractivity contribution in [2.75, 3.05) is 0 Å². The second kappa shape index (κ2) is 28.6. The van der Waals surface area contributed by atoms with Gasteiger partial charge in [-0.25, -0.2) is 0 Å². The summed E-state index contributed by atoms with van der Waals surface area (Å²) in [6.45, 7) is 8.68. The summed E-state index contributed by atoms with van der Waals surface area (Å²) in [7, 11) is 0. The lowest BCUT2D eigenvalue weighted by Crippen LogP contribution is -2.33. The normalized spacial score (nSPS) is 12.7. The van der Waals surface area contributed by atoms with Crippen LogP contribution in [0.25, 0.3) is 0 Å². The molecule has 0 N–H and O–H groups in total. The molecule has 0 aliphatic rings. The van der Waals surface area contributed by atoms with Gasteiger partial charge in [0, 0.05) is 12.8 Å². The van der Waals surface area contributed by atoms with E-state index >= 15 is 0 Å². The van der Waals surface area contributed by atoms with Crippen LogP contribution < -0.4 is 0 Å². The lowest BCUT2D eigenvalue weighted by atomic mass is 9.91. The molecule has 0 rings (SSSR count). The Morgan fingerprint density at radius 1 is 0.390 bits per heavy atom. The van der Waals surface area contributed by atoms with E-state index < -0.39 is 23.8 Å². The molecule has 0 aromatic heterocycles. The van der Waals surface area contributed by atoms with E-state index in [0.717, 1.165) is 116 Å². The number of esters is 2. The van der Waals surface area contributed by atoms with Crippen molar-refractivity contribution < 1.29 is 23.9 Å². The van der Waals surface area contributed by atoms with Crippen LogP contribution in [0.15, 0.2) is 0 Å². The molecule has 0 bridgehead atoms. The topological polar surface area (TPSA) is 77.5 Å². The van der Waals surface area contributed by atoms with Crippen molar-refractivity contribution in [1.82, 2.24) is 0 Å². The second-order valence-electron chi connectivity index (χ2n) is 12.2. The number of ketones is 2. The summed E-state index contributed by atoms with van der Waals surface area (Å²) in [5.41, 5.74) is 0. The van der Waals surface area contributed by atoms with Gasteiger partial charge in [-0.1, -0.05) is 156 Å². The lowest BCUT2D eigenvalue weighted by Gasteiger charge is -2.18. The Hall–Kier alpha value is -1.52. The summed E-state index contributed by atoms with van der Waals surface area (Å²) < 4.78 is 5.38. The minimum Gasteiger partial charge on any atom is -0.392 e. The van der Waals surface area contributed by atoms with Gasteiger partial charge in [-0.15, -0.1) is 0 Å². The first kappa shape index (κ1) is 39.5. The van der Waals surface area contributed by atoms with Gasteiger partial charge in [-0.3, -0.25) is 19.2 Å². The quantitative estimate of drug-likeness (QED) is 0.0481. The van der Waals surface area contributed by atoms with Gasteiger partial charge in [0.25, 0.3) is 0 Å². The summed E-state index contributed by atoms with van der Waals surface area (Å²) in [6, 6.07) is 0. The van der Waals surface area contributed by atoms with Crippen molar-refractivity contribution in [2.24, 2.45) is 11.8 Å². The summed E-state index contributed by atoms with van der Waals surface area (Å²) in [6.07, 6.45) is 24.6. The lowest BCUT2D eigenvalue weighted by molar-refractivity contribution is -0.167. The van der Waals surface area contributed by atoms with Gasteiger partial charge in [0.05, 0.1) is 0 Å². The number of carbonyl (C=O) groups excluding carboxylic acids is 4. The highest BCUT2D eigenvalue weighted by Crippen LogP contribution is 2.22. The molecule has 0 fully saturated rings. The standard InChI is InChI=1S/C36H66O5/c1-5-9-13-17-21-23-27-31(33(37)29-25-19-15-11-7-3)35(39)41-36(40)32(28-24-22-18-14-10-6-2)34(38)30-26-20-16-12-8-4/h31-32H,5-30H2,1-4H3. The molecule has 0 saturated heterocycles. The minimum absolute atomic E-state index is 0.109. The Morgan fingerprint density at radius 2 is 0.659 bits per heavy atom. The van der Waals surface area contributed by atoms with Crippen LogP contribution in [0.1, 0.15) is 195 Å². The van der Waals surface area contributed by atoms with Gasteiger partial charge in [0.15, 0.2) is 0 Å². The molecular formula is C36H66O5. The van der Waals surface area contributed by atoms with E-state index in [-0.39, 0.29) is 11.6 Å². The van der Waals surface area contributed by atoms with Crippen LogP contribution in [0, 0.1) is 11.8 Å². The Bertz CT molecular complexity index is 615. The van der Waals surface area contributed by atoms with Gasteiger partial charge >= 0.3 is 11.9 Å². The third-order valence-electron chi connectivity index (χ3n) is 8.29. The zero-order valence-corrected chi connectivity index (χ0v) is 27.6. The van der Waals surface area contributed by atoms with E-state index in [1.54, 1.807) is 0 Å². The van der Waals surface area contributed by atoms with E-state index in [2.05, 4.69) is 27.7 Å². The first-order valence-corrected chi connectivity index (χ1v) is 17.7. The van der Waals surface area contributed by atoms with Crippen LogP contribution in [0.2, 0.25) is 0 Å². The summed E-state index contributed by atoms with van der Waals surface area (Å²) in [5, 5.41) is 0. The van der Waals surface area contributed by atoms with Crippen LogP contribution in [0.4, 0.5) is 0 Å². The molecule has 2 unspecified atom stereocenters. The zero-order chi connectivity index (χ0) is 30.6. The van der Waals surface area contributed by atoms with Gasteiger partial charge in [-0.05, 0) is 25.7 Å². The molecule has 240 valence electrons. The van der Waals surface area contributed by atoms with Crippen molar-refractivity contribution in [2.45, 2.75) is 195 Å². The van der Waals surface area contributed by atoms with E-state index in [1.807, 2.05) is 0 Å². The van der Waals surface area contributed by atoms with E-state index in [1.165, 1.54) is 25.7 Å². The van der Waals surface area contributed by atoms with E-state index in [4.69, 9.17) is 4.74 Å². The van der Waals surface area contributed by atoms with Crippen molar-refractivity contribution >= 4 is 23.5 Å². The van der Waals surface area contributed by atoms with Gasteiger partial charge in [0.1, 0.15) is 23.4 Å². The third-order valence-corrected chi connectivity index (χ3v) is 8.29. The number of hydrogen-bond donors (Lipinski definition) is 0. The Labute approximate surface area is 253 Å². The maximum atomic E-state index is 13.2. The molecular weight excluding hydrogens is 512 g/mol. The van der Waals surface area contributed by atoms with Gasteiger partial charge in [0.2, 0.25) is 0 Å². The van der Waals surface area contributed by atoms with Crippen LogP contribution in [-0.2, 0) is 23.9 Å². The third kappa shape index (κ3) is 21.8. The minimum atomic E-state index is -0.893. The average molecular weight is 579 g/mol. The highest BCUT2D eigenvalue weighted by molar-refractivity contribution is 6.06. The first-order valence-electron chi connectivity index (χ1n) is 17.7. The largest absolute Gasteiger partial charge is 0.392 e. The Morgan fingerprint density at radius 3 is 0.976 bits per heavy atom. The van der Waals surface area contributed by atoms with E-state index in [0.29, 0.717) is 25.7 Å². The first-order chi connectivity index (χ1) is 19.9. The zero-order valence-electron chi connectivity index (χ0n) is 27.6. The molecule has 0 heterocycles. The number of rotatable bonds is 30.